The molecule has 5 heteroatoms. The molecule has 0 amide bonds. The molecule has 1 aromatic carbocycles. The quantitative estimate of drug-likeness (QED) is 0.542. The summed E-state index contributed by atoms with van der Waals surface area (Å²) in [6.45, 7) is 2.45. The molecule has 0 unspecified atom stereocenters. The summed E-state index contributed by atoms with van der Waals surface area (Å²) in [6.07, 6.45) is 4.56. The second kappa shape index (κ2) is 5.77. The predicted molar refractivity (Wildman–Crippen MR) is 92.5 cm³/mol. The van der Waals surface area contributed by atoms with Crippen molar-refractivity contribution in [2.75, 3.05) is 0 Å². The minimum absolute atomic E-state index is 0.592. The first-order valence-corrected chi connectivity index (χ1v) is 7.77. The first kappa shape index (κ1) is 14.4. The fourth-order valence-electron chi connectivity index (χ4n) is 2.98. The summed E-state index contributed by atoms with van der Waals surface area (Å²) >= 11 is 0. The summed E-state index contributed by atoms with van der Waals surface area (Å²) in [5.74, 6) is 0.750. The molecule has 0 N–H and O–H groups in total. The number of aldehydes is 1. The number of carbonyl (C=O) groups is 1. The van der Waals surface area contributed by atoms with Crippen LogP contribution in [-0.2, 0) is 6.54 Å². The highest BCUT2D eigenvalue weighted by atomic mass is 16.1. The minimum atomic E-state index is 0.592. The van der Waals surface area contributed by atoms with Crippen LogP contribution in [0.4, 0.5) is 0 Å². The number of hydrogen-bond donors (Lipinski definition) is 0. The van der Waals surface area contributed by atoms with Gasteiger partial charge in [-0.1, -0.05) is 30.3 Å². The van der Waals surface area contributed by atoms with E-state index in [4.69, 9.17) is 0 Å². The molecule has 118 valence electrons. The van der Waals surface area contributed by atoms with E-state index in [0.29, 0.717) is 17.8 Å². The third-order valence-electron chi connectivity index (χ3n) is 4.12. The predicted octanol–water partition coefficient (Wildman–Crippen LogP) is 3.39. The Morgan fingerprint density at radius 1 is 1.08 bits per heavy atom. The maximum atomic E-state index is 11.7. The van der Waals surface area contributed by atoms with Crippen molar-refractivity contribution in [1.82, 2.24) is 19.3 Å². The molecule has 4 aromatic rings. The fraction of sp³-hybridized carbons (Fsp3) is 0.105. The number of nitrogens with zero attached hydrogens (tertiary/aromatic N) is 4. The topological polar surface area (TPSA) is 52.7 Å². The monoisotopic (exact) mass is 316 g/mol. The van der Waals surface area contributed by atoms with Crippen LogP contribution in [0.25, 0.3) is 16.9 Å². The zero-order chi connectivity index (χ0) is 16.5. The smallest absolute Gasteiger partial charge is 0.155 e. The van der Waals surface area contributed by atoms with E-state index in [2.05, 4.69) is 10.1 Å². The van der Waals surface area contributed by atoms with Crippen LogP contribution in [0, 0.1) is 6.92 Å². The number of fused-ring (bicyclic) bond motifs is 1. The summed E-state index contributed by atoms with van der Waals surface area (Å²) in [4.78, 5) is 16.1. The molecule has 4 rings (SSSR count). The van der Waals surface area contributed by atoms with Crippen LogP contribution in [0.1, 0.15) is 21.6 Å². The number of aromatic nitrogens is 4. The van der Waals surface area contributed by atoms with Gasteiger partial charge in [-0.3, -0.25) is 9.36 Å². The van der Waals surface area contributed by atoms with E-state index < -0.39 is 0 Å². The van der Waals surface area contributed by atoms with Gasteiger partial charge in [-0.2, -0.15) is 5.10 Å². The van der Waals surface area contributed by atoms with Crippen LogP contribution in [0.2, 0.25) is 0 Å². The van der Waals surface area contributed by atoms with Crippen LogP contribution in [0.5, 0.6) is 0 Å². The van der Waals surface area contributed by atoms with Crippen molar-refractivity contribution in [3.05, 3.63) is 77.7 Å². The number of carbonyl (C=O) groups excluding carboxylic acids is 1. The lowest BCUT2D eigenvalue weighted by molar-refractivity contribution is 0.112. The Morgan fingerprint density at radius 2 is 1.92 bits per heavy atom. The standard InChI is InChI=1S/C19H16N4O/c1-14-17(13-24)19(22-11-9-16-8-5-10-20-18(16)22)23(21-14)12-15-6-3-2-4-7-15/h2-11,13H,12H2,1H3. The van der Waals surface area contributed by atoms with Crippen molar-refractivity contribution in [2.24, 2.45) is 0 Å². The molecule has 0 aliphatic rings. The number of benzene rings is 1. The largest absolute Gasteiger partial charge is 0.298 e. The Kier molecular flexibility index (Phi) is 3.46. The van der Waals surface area contributed by atoms with E-state index in [1.165, 1.54) is 0 Å². The number of rotatable bonds is 4. The van der Waals surface area contributed by atoms with E-state index in [0.717, 1.165) is 28.7 Å². The highest BCUT2D eigenvalue weighted by Crippen LogP contribution is 2.23. The normalized spacial score (nSPS) is 11.0. The molecule has 0 spiro atoms. The summed E-state index contributed by atoms with van der Waals surface area (Å²) in [6, 6.07) is 16.0. The van der Waals surface area contributed by atoms with Crippen molar-refractivity contribution in [3.8, 4) is 5.82 Å². The average molecular weight is 316 g/mol. The first-order chi connectivity index (χ1) is 11.8. The van der Waals surface area contributed by atoms with Gasteiger partial charge in [0.15, 0.2) is 6.29 Å². The summed E-state index contributed by atoms with van der Waals surface area (Å²) in [5, 5.41) is 5.60. The lowest BCUT2D eigenvalue weighted by atomic mass is 10.2. The minimum Gasteiger partial charge on any atom is -0.298 e. The SMILES string of the molecule is Cc1nn(Cc2ccccc2)c(-n2ccc3cccnc32)c1C=O. The van der Waals surface area contributed by atoms with Gasteiger partial charge in [0.2, 0.25) is 0 Å². The highest BCUT2D eigenvalue weighted by molar-refractivity contribution is 5.85. The van der Waals surface area contributed by atoms with Gasteiger partial charge >= 0.3 is 0 Å². The molecule has 0 atom stereocenters. The summed E-state index contributed by atoms with van der Waals surface area (Å²) < 4.78 is 3.80. The van der Waals surface area contributed by atoms with Crippen LogP contribution in [0.3, 0.4) is 0 Å². The van der Waals surface area contributed by atoms with Gasteiger partial charge in [0, 0.05) is 17.8 Å². The maximum absolute atomic E-state index is 11.7. The summed E-state index contributed by atoms with van der Waals surface area (Å²) in [7, 11) is 0. The first-order valence-electron chi connectivity index (χ1n) is 7.77. The van der Waals surface area contributed by atoms with Crippen molar-refractivity contribution >= 4 is 17.3 Å². The molecule has 3 heterocycles. The van der Waals surface area contributed by atoms with E-state index in [1.807, 2.05) is 70.9 Å². The van der Waals surface area contributed by atoms with Crippen LogP contribution < -0.4 is 0 Å². The van der Waals surface area contributed by atoms with Crippen LogP contribution in [-0.4, -0.2) is 25.6 Å². The van der Waals surface area contributed by atoms with Gasteiger partial charge in [0.05, 0.1) is 17.8 Å². The molecule has 0 fully saturated rings. The van der Waals surface area contributed by atoms with E-state index >= 15 is 0 Å². The molecule has 24 heavy (non-hydrogen) atoms. The molecule has 0 saturated heterocycles. The van der Waals surface area contributed by atoms with Crippen LogP contribution in [0.15, 0.2) is 60.9 Å². The summed E-state index contributed by atoms with van der Waals surface area (Å²) in [5.41, 5.74) is 3.25. The van der Waals surface area contributed by atoms with Crippen molar-refractivity contribution in [3.63, 3.8) is 0 Å². The Bertz CT molecular complexity index is 1010. The fourth-order valence-corrected chi connectivity index (χ4v) is 2.98. The zero-order valence-corrected chi connectivity index (χ0v) is 13.3. The zero-order valence-electron chi connectivity index (χ0n) is 13.3. The molecule has 5 nitrogen and oxygen atoms in total. The molecule has 3 aromatic heterocycles. The Morgan fingerprint density at radius 3 is 2.71 bits per heavy atom. The molecule has 0 radical (unpaired) electrons. The van der Waals surface area contributed by atoms with E-state index in [1.54, 1.807) is 6.20 Å². The van der Waals surface area contributed by atoms with Crippen molar-refractivity contribution < 1.29 is 4.79 Å². The second-order valence-electron chi connectivity index (χ2n) is 5.69. The maximum Gasteiger partial charge on any atom is 0.155 e. The van der Waals surface area contributed by atoms with Gasteiger partial charge in [-0.05, 0) is 30.7 Å². The van der Waals surface area contributed by atoms with Gasteiger partial charge in [0.25, 0.3) is 0 Å². The third-order valence-corrected chi connectivity index (χ3v) is 4.12. The number of hydrogen-bond acceptors (Lipinski definition) is 3. The van der Waals surface area contributed by atoms with Crippen molar-refractivity contribution in [1.29, 1.82) is 0 Å². The molecular formula is C19H16N4O. The Balaban J connectivity index is 1.92. The van der Waals surface area contributed by atoms with Gasteiger partial charge < -0.3 is 0 Å². The van der Waals surface area contributed by atoms with E-state index in [-0.39, 0.29) is 0 Å². The second-order valence-corrected chi connectivity index (χ2v) is 5.69. The highest BCUT2D eigenvalue weighted by Gasteiger charge is 2.18. The lowest BCUT2D eigenvalue weighted by Gasteiger charge is -2.10. The third kappa shape index (κ3) is 2.31. The molecule has 0 aliphatic carbocycles. The van der Waals surface area contributed by atoms with Crippen LogP contribution >= 0.6 is 0 Å². The number of aryl methyl sites for hydroxylation is 1. The van der Waals surface area contributed by atoms with Crippen molar-refractivity contribution in [2.45, 2.75) is 13.5 Å². The van der Waals surface area contributed by atoms with Gasteiger partial charge in [-0.25, -0.2) is 9.67 Å². The molecule has 0 aliphatic heterocycles. The molecule has 0 saturated carbocycles. The van der Waals surface area contributed by atoms with E-state index in [9.17, 15) is 4.79 Å². The average Bonchev–Trinajstić information content (AvgIpc) is 3.16. The molecular weight excluding hydrogens is 300 g/mol. The Hall–Kier alpha value is -3.21. The molecule has 0 bridgehead atoms. The Labute approximate surface area is 139 Å². The number of pyridine rings is 1. The van der Waals surface area contributed by atoms with Gasteiger partial charge in [0.1, 0.15) is 11.5 Å². The van der Waals surface area contributed by atoms with Gasteiger partial charge in [-0.15, -0.1) is 0 Å². The lowest BCUT2D eigenvalue weighted by Crippen LogP contribution is -2.09.